The summed E-state index contributed by atoms with van der Waals surface area (Å²) >= 11 is 1.60. The number of hydrogen-bond acceptors (Lipinski definition) is 6. The fourth-order valence-electron chi connectivity index (χ4n) is 3.32. The lowest BCUT2D eigenvalue weighted by atomic mass is 10.0. The first kappa shape index (κ1) is 20.4. The Morgan fingerprint density at radius 2 is 2.04 bits per heavy atom. The Balaban J connectivity index is 1.63. The summed E-state index contributed by atoms with van der Waals surface area (Å²) in [6.45, 7) is 5.65. The molecule has 2 heterocycles. The molecule has 150 valence electrons. The summed E-state index contributed by atoms with van der Waals surface area (Å²) in [5.74, 6) is -0.620. The number of aryl methyl sites for hydroxylation is 1. The zero-order chi connectivity index (χ0) is 20.5. The number of carbonyl (C=O) groups is 2. The van der Waals surface area contributed by atoms with Crippen molar-refractivity contribution in [3.8, 4) is 10.4 Å². The fourth-order valence-corrected chi connectivity index (χ4v) is 4.13. The number of likely N-dealkylation sites (tertiary alicyclic amines) is 1. The van der Waals surface area contributed by atoms with Crippen LogP contribution < -0.4 is 11.1 Å². The van der Waals surface area contributed by atoms with E-state index in [0.29, 0.717) is 6.54 Å². The Labute approximate surface area is 168 Å². The number of thiazole rings is 1. The van der Waals surface area contributed by atoms with Gasteiger partial charge >= 0.3 is 0 Å². The van der Waals surface area contributed by atoms with Gasteiger partial charge in [-0.1, -0.05) is 24.3 Å². The van der Waals surface area contributed by atoms with Crippen molar-refractivity contribution in [2.45, 2.75) is 51.4 Å². The van der Waals surface area contributed by atoms with Crippen molar-refractivity contribution in [3.05, 3.63) is 41.0 Å². The average molecular weight is 403 g/mol. The average Bonchev–Trinajstić information content (AvgIpc) is 3.24. The van der Waals surface area contributed by atoms with Gasteiger partial charge < -0.3 is 21.1 Å². The minimum Gasteiger partial charge on any atom is -0.391 e. The number of nitrogens with zero attached hydrogens (tertiary/aromatic N) is 2. The summed E-state index contributed by atoms with van der Waals surface area (Å²) in [4.78, 5) is 31.9. The third-order valence-electron chi connectivity index (χ3n) is 4.82. The van der Waals surface area contributed by atoms with Crippen LogP contribution in [0.1, 0.15) is 31.5 Å². The molecule has 2 unspecified atom stereocenters. The van der Waals surface area contributed by atoms with Crippen LogP contribution in [-0.2, 0) is 16.1 Å². The minimum absolute atomic E-state index is 0.125. The highest BCUT2D eigenvalue weighted by Crippen LogP contribution is 2.27. The van der Waals surface area contributed by atoms with E-state index in [2.05, 4.69) is 10.3 Å². The first-order chi connectivity index (χ1) is 13.2. The van der Waals surface area contributed by atoms with E-state index in [9.17, 15) is 14.7 Å². The quantitative estimate of drug-likeness (QED) is 0.701. The van der Waals surface area contributed by atoms with Crippen molar-refractivity contribution in [2.75, 3.05) is 6.54 Å². The van der Waals surface area contributed by atoms with Gasteiger partial charge in [0.05, 0.1) is 27.7 Å². The van der Waals surface area contributed by atoms with E-state index < -0.39 is 17.7 Å². The largest absolute Gasteiger partial charge is 0.391 e. The number of hydrogen-bond donors (Lipinski definition) is 3. The van der Waals surface area contributed by atoms with E-state index in [-0.39, 0.29) is 24.8 Å². The molecular weight excluding hydrogens is 376 g/mol. The van der Waals surface area contributed by atoms with Crippen LogP contribution >= 0.6 is 11.3 Å². The van der Waals surface area contributed by atoms with Crippen LogP contribution in [0.3, 0.4) is 0 Å². The Hall–Kier alpha value is -2.29. The van der Waals surface area contributed by atoms with E-state index in [0.717, 1.165) is 21.7 Å². The van der Waals surface area contributed by atoms with Crippen molar-refractivity contribution in [1.29, 1.82) is 0 Å². The molecule has 0 spiro atoms. The molecule has 2 amide bonds. The Bertz CT molecular complexity index is 857. The first-order valence-electron chi connectivity index (χ1n) is 9.22. The number of rotatable bonds is 5. The SMILES string of the molecule is Cc1ncsc1-c1ccc(CNC(=O)C2CC(O)CN2C(=O)C(C)(C)N)cc1. The van der Waals surface area contributed by atoms with E-state index in [1.54, 1.807) is 25.2 Å². The van der Waals surface area contributed by atoms with Crippen molar-refractivity contribution in [2.24, 2.45) is 5.73 Å². The highest BCUT2D eigenvalue weighted by molar-refractivity contribution is 7.13. The second kappa shape index (κ2) is 7.98. The summed E-state index contributed by atoms with van der Waals surface area (Å²) in [6, 6.07) is 7.24. The summed E-state index contributed by atoms with van der Waals surface area (Å²) in [5, 5.41) is 12.8. The van der Waals surface area contributed by atoms with E-state index in [4.69, 9.17) is 5.73 Å². The third-order valence-corrected chi connectivity index (χ3v) is 5.80. The van der Waals surface area contributed by atoms with E-state index in [1.165, 1.54) is 4.90 Å². The number of aromatic nitrogens is 1. The molecule has 1 saturated heterocycles. The monoisotopic (exact) mass is 402 g/mol. The molecule has 0 bridgehead atoms. The number of aliphatic hydroxyl groups is 1. The molecule has 0 radical (unpaired) electrons. The van der Waals surface area contributed by atoms with Gasteiger partial charge in [-0.3, -0.25) is 9.59 Å². The Morgan fingerprint density at radius 3 is 2.61 bits per heavy atom. The molecule has 1 fully saturated rings. The van der Waals surface area contributed by atoms with Crippen molar-refractivity contribution in [1.82, 2.24) is 15.2 Å². The molecular formula is C20H26N4O3S. The van der Waals surface area contributed by atoms with Gasteiger partial charge in [-0.15, -0.1) is 11.3 Å². The summed E-state index contributed by atoms with van der Waals surface area (Å²) in [6.07, 6.45) is -0.499. The van der Waals surface area contributed by atoms with Crippen LogP contribution in [0, 0.1) is 6.92 Å². The predicted octanol–water partition coefficient (Wildman–Crippen LogP) is 1.43. The topological polar surface area (TPSA) is 109 Å². The molecule has 2 aromatic rings. The highest BCUT2D eigenvalue weighted by Gasteiger charge is 2.42. The maximum absolute atomic E-state index is 12.6. The molecule has 0 saturated carbocycles. The number of amides is 2. The Morgan fingerprint density at radius 1 is 1.36 bits per heavy atom. The number of carbonyl (C=O) groups excluding carboxylic acids is 2. The smallest absolute Gasteiger partial charge is 0.243 e. The summed E-state index contributed by atoms with van der Waals surface area (Å²) in [7, 11) is 0. The van der Waals surface area contributed by atoms with E-state index in [1.807, 2.05) is 36.7 Å². The zero-order valence-corrected chi connectivity index (χ0v) is 17.1. The second-order valence-electron chi connectivity index (χ2n) is 7.77. The van der Waals surface area contributed by atoms with Crippen LogP contribution in [0.15, 0.2) is 29.8 Å². The number of aliphatic hydroxyl groups excluding tert-OH is 1. The number of nitrogens with one attached hydrogen (secondary N) is 1. The van der Waals surface area contributed by atoms with Crippen LogP contribution in [-0.4, -0.2) is 51.0 Å². The van der Waals surface area contributed by atoms with Crippen molar-refractivity contribution in [3.63, 3.8) is 0 Å². The summed E-state index contributed by atoms with van der Waals surface area (Å²) < 4.78 is 0. The minimum atomic E-state index is -1.09. The lowest BCUT2D eigenvalue weighted by Gasteiger charge is -2.29. The molecule has 0 aliphatic carbocycles. The van der Waals surface area contributed by atoms with Gasteiger partial charge in [-0.05, 0) is 31.9 Å². The fraction of sp³-hybridized carbons (Fsp3) is 0.450. The molecule has 1 aliphatic rings. The van der Waals surface area contributed by atoms with Crippen LogP contribution in [0.5, 0.6) is 0 Å². The molecule has 28 heavy (non-hydrogen) atoms. The highest BCUT2D eigenvalue weighted by atomic mass is 32.1. The summed E-state index contributed by atoms with van der Waals surface area (Å²) in [5.41, 5.74) is 9.67. The molecule has 2 atom stereocenters. The third kappa shape index (κ3) is 4.40. The molecule has 3 rings (SSSR count). The number of β-amino-alcohol motifs (C(OH)–C–C–N with tert-alkyl or cyclic N) is 1. The standard InChI is InChI=1S/C20H26N4O3S/c1-12-17(28-11-23-12)14-6-4-13(5-7-14)9-22-18(26)16-8-15(25)10-24(16)19(27)20(2,3)21/h4-7,11,15-16,25H,8-10,21H2,1-3H3,(H,22,26). The zero-order valence-electron chi connectivity index (χ0n) is 16.3. The second-order valence-corrected chi connectivity index (χ2v) is 8.62. The predicted molar refractivity (Wildman–Crippen MR) is 109 cm³/mol. The van der Waals surface area contributed by atoms with Crippen molar-refractivity contribution >= 4 is 23.2 Å². The maximum Gasteiger partial charge on any atom is 0.243 e. The molecule has 1 aliphatic heterocycles. The van der Waals surface area contributed by atoms with Gasteiger partial charge in [0.25, 0.3) is 0 Å². The van der Waals surface area contributed by atoms with Gasteiger partial charge in [0, 0.05) is 19.5 Å². The normalized spacial score (nSPS) is 19.7. The molecule has 1 aromatic carbocycles. The number of nitrogens with two attached hydrogens (primary N) is 1. The van der Waals surface area contributed by atoms with Gasteiger partial charge in [-0.2, -0.15) is 0 Å². The Kier molecular flexibility index (Phi) is 5.83. The lowest BCUT2D eigenvalue weighted by molar-refractivity contribution is -0.141. The molecule has 8 heteroatoms. The van der Waals surface area contributed by atoms with Crippen LogP contribution in [0.4, 0.5) is 0 Å². The van der Waals surface area contributed by atoms with Crippen LogP contribution in [0.25, 0.3) is 10.4 Å². The molecule has 7 nitrogen and oxygen atoms in total. The lowest BCUT2D eigenvalue weighted by Crippen LogP contribution is -2.55. The van der Waals surface area contributed by atoms with Gasteiger partial charge in [0.1, 0.15) is 6.04 Å². The van der Waals surface area contributed by atoms with E-state index >= 15 is 0 Å². The number of benzene rings is 1. The van der Waals surface area contributed by atoms with Gasteiger partial charge in [0.15, 0.2) is 0 Å². The first-order valence-corrected chi connectivity index (χ1v) is 10.1. The van der Waals surface area contributed by atoms with Crippen molar-refractivity contribution < 1.29 is 14.7 Å². The molecule has 4 N–H and O–H groups in total. The van der Waals surface area contributed by atoms with Gasteiger partial charge in [0.2, 0.25) is 11.8 Å². The maximum atomic E-state index is 12.6. The van der Waals surface area contributed by atoms with Gasteiger partial charge in [-0.25, -0.2) is 4.98 Å². The van der Waals surface area contributed by atoms with Crippen LogP contribution in [0.2, 0.25) is 0 Å². The molecule has 1 aromatic heterocycles.